The maximum absolute atomic E-state index is 14.0. The zero-order chi connectivity index (χ0) is 27.9. The number of methoxy groups -OCH3 is 1. The van der Waals surface area contributed by atoms with Crippen molar-refractivity contribution in [3.63, 3.8) is 0 Å². The third kappa shape index (κ3) is 3.51. The molecule has 0 N–H and O–H groups in total. The Bertz CT molecular complexity index is 1000. The molecule has 0 amide bonds. The van der Waals surface area contributed by atoms with Gasteiger partial charge in [-0.15, -0.1) is 0 Å². The summed E-state index contributed by atoms with van der Waals surface area (Å²) in [6.07, 6.45) is 10.1. The maximum Gasteiger partial charge on any atom is 0.312 e. The van der Waals surface area contributed by atoms with Gasteiger partial charge >= 0.3 is 11.9 Å². The topological polar surface area (TPSA) is 52.6 Å². The van der Waals surface area contributed by atoms with Crippen molar-refractivity contribution < 1.29 is 23.5 Å². The van der Waals surface area contributed by atoms with Crippen LogP contribution in [0.1, 0.15) is 106 Å². The van der Waals surface area contributed by atoms with Crippen LogP contribution in [0.4, 0.5) is 4.39 Å². The molecule has 10 atom stereocenters. The van der Waals surface area contributed by atoms with Crippen LogP contribution in [0.5, 0.6) is 0 Å². The van der Waals surface area contributed by atoms with Crippen LogP contribution in [0.3, 0.4) is 0 Å². The molecule has 0 saturated heterocycles. The Morgan fingerprint density at radius 1 is 0.868 bits per heavy atom. The summed E-state index contributed by atoms with van der Waals surface area (Å²) in [5.41, 5.74) is 0.560. The first kappa shape index (κ1) is 28.1. The molecular formula is C33H51FO4. The van der Waals surface area contributed by atoms with E-state index in [0.717, 1.165) is 64.2 Å². The standard InChI is InChI=1S/C33H51FO4/c1-20(19-34)22-11-16-33(28(36)37-8)18-17-31(6)23(27(22)33)9-10-25-30(5)14-13-26(38-21(2)35)29(3,4)24(30)12-15-32(25,31)7/h22-27H,1,9-19H2,2-8H3/t22-,23+,24-,25+,26-,27+,30-,31+,32+,33-/m0/s1. The Balaban J connectivity index is 1.52. The largest absolute Gasteiger partial charge is 0.469 e. The van der Waals surface area contributed by atoms with Crippen molar-refractivity contribution >= 4 is 11.9 Å². The third-order valence-electron chi connectivity index (χ3n) is 14.0. The van der Waals surface area contributed by atoms with E-state index in [4.69, 9.17) is 9.47 Å². The van der Waals surface area contributed by atoms with Gasteiger partial charge in [-0.25, -0.2) is 4.39 Å². The van der Waals surface area contributed by atoms with Gasteiger partial charge in [0.1, 0.15) is 12.8 Å². The quantitative estimate of drug-likeness (QED) is 0.276. The first-order valence-electron chi connectivity index (χ1n) is 15.2. The SMILES string of the molecule is C=C(CF)[C@@H]1CC[C@]2(C(=O)OC)CC[C@]3(C)[C@H](CC[C@@H]4[C@@]5(C)CC[C@H](OC(C)=O)C(C)(C)[C@@H]5CC[C@]43C)[C@@H]12. The molecular weight excluding hydrogens is 479 g/mol. The zero-order valence-corrected chi connectivity index (χ0v) is 25.0. The van der Waals surface area contributed by atoms with Crippen LogP contribution < -0.4 is 0 Å². The lowest BCUT2D eigenvalue weighted by molar-refractivity contribution is -0.250. The van der Waals surface area contributed by atoms with E-state index in [2.05, 4.69) is 41.2 Å². The Morgan fingerprint density at radius 2 is 1.58 bits per heavy atom. The Morgan fingerprint density at radius 3 is 2.21 bits per heavy atom. The predicted molar refractivity (Wildman–Crippen MR) is 147 cm³/mol. The monoisotopic (exact) mass is 530 g/mol. The predicted octanol–water partition coefficient (Wildman–Crippen LogP) is 7.70. The lowest BCUT2D eigenvalue weighted by Gasteiger charge is -2.72. The summed E-state index contributed by atoms with van der Waals surface area (Å²) < 4.78 is 25.4. The highest BCUT2D eigenvalue weighted by molar-refractivity contribution is 5.78. The number of fused-ring (bicyclic) bond motifs is 7. The van der Waals surface area contributed by atoms with Gasteiger partial charge in [-0.3, -0.25) is 9.59 Å². The summed E-state index contributed by atoms with van der Waals surface area (Å²) in [6, 6.07) is 0. The molecule has 4 nitrogen and oxygen atoms in total. The first-order valence-corrected chi connectivity index (χ1v) is 15.2. The molecule has 0 aliphatic heterocycles. The highest BCUT2D eigenvalue weighted by Crippen LogP contribution is 2.77. The summed E-state index contributed by atoms with van der Waals surface area (Å²) in [7, 11) is 1.52. The minimum atomic E-state index is -0.500. The lowest BCUT2D eigenvalue weighted by atomic mass is 9.32. The van der Waals surface area contributed by atoms with Crippen LogP contribution in [0, 0.1) is 56.7 Å². The van der Waals surface area contributed by atoms with E-state index < -0.39 is 12.1 Å². The average molecular weight is 531 g/mol. The maximum atomic E-state index is 14.0. The van der Waals surface area contributed by atoms with Crippen molar-refractivity contribution in [2.75, 3.05) is 13.8 Å². The van der Waals surface area contributed by atoms with E-state index in [1.807, 2.05) is 0 Å². The number of carbonyl (C=O) groups excluding carboxylic acids is 2. The van der Waals surface area contributed by atoms with Crippen LogP contribution in [0.25, 0.3) is 0 Å². The molecule has 0 spiro atoms. The first-order chi connectivity index (χ1) is 17.7. The number of rotatable bonds is 4. The molecule has 5 aliphatic rings. The summed E-state index contributed by atoms with van der Waals surface area (Å²) in [5, 5.41) is 0. The molecule has 5 aliphatic carbocycles. The molecule has 38 heavy (non-hydrogen) atoms. The third-order valence-corrected chi connectivity index (χ3v) is 14.0. The van der Waals surface area contributed by atoms with Gasteiger partial charge in [0.2, 0.25) is 0 Å². The van der Waals surface area contributed by atoms with Crippen LogP contribution in [0.15, 0.2) is 12.2 Å². The van der Waals surface area contributed by atoms with E-state index in [0.29, 0.717) is 23.3 Å². The number of hydrogen-bond donors (Lipinski definition) is 0. The highest BCUT2D eigenvalue weighted by atomic mass is 19.1. The molecule has 5 fully saturated rings. The number of alkyl halides is 1. The van der Waals surface area contributed by atoms with Gasteiger partial charge in [0.25, 0.3) is 0 Å². The van der Waals surface area contributed by atoms with Gasteiger partial charge in [-0.1, -0.05) is 41.2 Å². The summed E-state index contributed by atoms with van der Waals surface area (Å²) in [5.74, 6) is 1.41. The van der Waals surface area contributed by atoms with Crippen LogP contribution >= 0.6 is 0 Å². The lowest BCUT2D eigenvalue weighted by Crippen LogP contribution is -2.67. The van der Waals surface area contributed by atoms with Crippen molar-refractivity contribution in [3.05, 3.63) is 12.2 Å². The second-order valence-corrected chi connectivity index (χ2v) is 15.2. The van der Waals surface area contributed by atoms with Gasteiger partial charge in [-0.2, -0.15) is 0 Å². The van der Waals surface area contributed by atoms with Crippen LogP contribution in [-0.2, 0) is 19.1 Å². The second kappa shape index (κ2) is 9.06. The molecule has 0 aromatic carbocycles. The number of ether oxygens (including phenoxy) is 2. The molecule has 214 valence electrons. The molecule has 0 bridgehead atoms. The molecule has 5 saturated carbocycles. The van der Waals surface area contributed by atoms with E-state index in [-0.39, 0.29) is 51.5 Å². The van der Waals surface area contributed by atoms with Gasteiger partial charge in [0.15, 0.2) is 0 Å². The van der Waals surface area contributed by atoms with Gasteiger partial charge < -0.3 is 9.47 Å². The van der Waals surface area contributed by atoms with E-state index >= 15 is 0 Å². The molecule has 0 radical (unpaired) electrons. The average Bonchev–Trinajstić information content (AvgIpc) is 3.26. The van der Waals surface area contributed by atoms with E-state index in [1.54, 1.807) is 0 Å². The Hall–Kier alpha value is -1.39. The highest BCUT2D eigenvalue weighted by Gasteiger charge is 2.72. The van der Waals surface area contributed by atoms with E-state index in [9.17, 15) is 14.0 Å². The normalized spacial score (nSPS) is 49.1. The number of esters is 2. The number of halogens is 1. The fourth-order valence-electron chi connectivity index (χ4n) is 12.1. The molecule has 0 aromatic heterocycles. The molecule has 0 heterocycles. The Labute approximate surface area is 229 Å². The van der Waals surface area contributed by atoms with Crippen molar-refractivity contribution in [1.82, 2.24) is 0 Å². The summed E-state index contributed by atoms with van der Waals surface area (Å²) in [6.45, 7) is 17.5. The fraction of sp³-hybridized carbons (Fsp3) is 0.879. The van der Waals surface area contributed by atoms with E-state index in [1.165, 1.54) is 14.0 Å². The summed E-state index contributed by atoms with van der Waals surface area (Å²) >= 11 is 0. The second-order valence-electron chi connectivity index (χ2n) is 15.2. The van der Waals surface area contributed by atoms with Crippen molar-refractivity contribution in [2.24, 2.45) is 56.7 Å². The number of carbonyl (C=O) groups is 2. The minimum absolute atomic E-state index is 0.0179. The fourth-order valence-corrected chi connectivity index (χ4v) is 12.1. The number of hydrogen-bond acceptors (Lipinski definition) is 4. The van der Waals surface area contributed by atoms with Crippen LogP contribution in [-0.4, -0.2) is 31.8 Å². The molecule has 0 unspecified atom stereocenters. The summed E-state index contributed by atoms with van der Waals surface area (Å²) in [4.78, 5) is 25.3. The van der Waals surface area contributed by atoms with Crippen molar-refractivity contribution in [3.8, 4) is 0 Å². The van der Waals surface area contributed by atoms with Crippen molar-refractivity contribution in [1.29, 1.82) is 0 Å². The number of allylic oxidation sites excluding steroid dienone is 1. The minimum Gasteiger partial charge on any atom is -0.469 e. The van der Waals surface area contributed by atoms with Gasteiger partial charge in [-0.05, 0) is 116 Å². The zero-order valence-electron chi connectivity index (χ0n) is 25.0. The van der Waals surface area contributed by atoms with Crippen LogP contribution in [0.2, 0.25) is 0 Å². The smallest absolute Gasteiger partial charge is 0.312 e. The molecule has 5 rings (SSSR count). The molecule has 5 heteroatoms. The van der Waals surface area contributed by atoms with Gasteiger partial charge in [0.05, 0.1) is 12.5 Å². The van der Waals surface area contributed by atoms with Gasteiger partial charge in [0, 0.05) is 12.3 Å². The molecule has 0 aromatic rings. The Kier molecular flexibility index (Phi) is 6.71. The van der Waals surface area contributed by atoms with Crippen molar-refractivity contribution in [2.45, 2.75) is 112 Å².